The van der Waals surface area contributed by atoms with E-state index in [9.17, 15) is 17.9 Å². The Hall–Kier alpha value is -1.46. The lowest BCUT2D eigenvalue weighted by molar-refractivity contribution is 0.474. The minimum absolute atomic E-state index is 0.118. The van der Waals surface area contributed by atoms with Crippen LogP contribution < -0.4 is 4.72 Å². The molecule has 0 aliphatic rings. The van der Waals surface area contributed by atoms with Crippen molar-refractivity contribution < 1.29 is 17.9 Å². The van der Waals surface area contributed by atoms with Crippen LogP contribution >= 0.6 is 7.37 Å². The monoisotopic (exact) mass is 367 g/mol. The van der Waals surface area contributed by atoms with E-state index < -0.39 is 23.4 Å². The molecule has 2 aromatic carbocycles. The summed E-state index contributed by atoms with van der Waals surface area (Å²) in [6.45, 7) is 3.12. The van der Waals surface area contributed by atoms with Gasteiger partial charge in [-0.25, -0.2) is 13.1 Å². The highest BCUT2D eigenvalue weighted by Crippen LogP contribution is 2.36. The molecule has 2 unspecified atom stereocenters. The fourth-order valence-corrected chi connectivity index (χ4v) is 4.85. The van der Waals surface area contributed by atoms with E-state index in [4.69, 9.17) is 0 Å². The Balaban J connectivity index is 2.23. The molecule has 2 N–H and O–H groups in total. The van der Waals surface area contributed by atoms with Crippen LogP contribution in [0.3, 0.4) is 0 Å². The number of hydrogen-bond acceptors (Lipinski definition) is 3. The second-order valence-corrected chi connectivity index (χ2v) is 10.2. The Bertz CT molecular complexity index is 813. The van der Waals surface area contributed by atoms with E-state index >= 15 is 0 Å². The molecule has 0 radical (unpaired) electrons. The number of benzene rings is 2. The van der Waals surface area contributed by atoms with Gasteiger partial charge in [0, 0.05) is 18.9 Å². The summed E-state index contributed by atoms with van der Waals surface area (Å²) in [5.74, 6) is 0. The fourth-order valence-electron chi connectivity index (χ4n) is 2.46. The molecule has 2 aromatic rings. The number of sulfonamides is 1. The van der Waals surface area contributed by atoms with Gasteiger partial charge < -0.3 is 4.89 Å². The quantitative estimate of drug-likeness (QED) is 0.737. The molecular weight excluding hydrogens is 345 g/mol. The first-order valence-corrected chi connectivity index (χ1v) is 11.4. The van der Waals surface area contributed by atoms with Crippen molar-refractivity contribution in [1.82, 2.24) is 4.72 Å². The molecule has 0 aromatic heterocycles. The smallest absolute Gasteiger partial charge is 0.240 e. The molecule has 7 heteroatoms. The Morgan fingerprint density at radius 2 is 1.67 bits per heavy atom. The summed E-state index contributed by atoms with van der Waals surface area (Å²) in [4.78, 5) is 9.84. The van der Waals surface area contributed by atoms with Crippen molar-refractivity contribution in [1.29, 1.82) is 0 Å². The molecule has 0 amide bonds. The predicted octanol–water partition coefficient (Wildman–Crippen LogP) is 2.78. The van der Waals surface area contributed by atoms with Gasteiger partial charge in [0.25, 0.3) is 0 Å². The van der Waals surface area contributed by atoms with Crippen molar-refractivity contribution in [3.05, 3.63) is 65.7 Å². The SMILES string of the molecule is Cc1ccc(S(=O)(=O)NC(Cc2ccccc2)CP(C)(=O)O)cc1. The summed E-state index contributed by atoms with van der Waals surface area (Å²) < 4.78 is 39.5. The highest BCUT2D eigenvalue weighted by molar-refractivity contribution is 7.89. The van der Waals surface area contributed by atoms with E-state index in [0.29, 0.717) is 6.42 Å². The molecule has 0 heterocycles. The van der Waals surface area contributed by atoms with Gasteiger partial charge in [-0.15, -0.1) is 0 Å². The van der Waals surface area contributed by atoms with Crippen LogP contribution in [0.25, 0.3) is 0 Å². The molecule has 0 bridgehead atoms. The first kappa shape index (κ1) is 18.9. The number of hydrogen-bond donors (Lipinski definition) is 2. The van der Waals surface area contributed by atoms with Crippen molar-refractivity contribution in [3.63, 3.8) is 0 Å². The van der Waals surface area contributed by atoms with Gasteiger partial charge in [0.2, 0.25) is 10.0 Å². The van der Waals surface area contributed by atoms with E-state index in [1.54, 1.807) is 12.1 Å². The first-order valence-electron chi connectivity index (χ1n) is 7.58. The third-order valence-corrected chi connectivity index (χ3v) is 6.19. The molecule has 2 atom stereocenters. The average molecular weight is 367 g/mol. The maximum atomic E-state index is 12.5. The molecule has 130 valence electrons. The Morgan fingerprint density at radius 3 is 2.21 bits per heavy atom. The summed E-state index contributed by atoms with van der Waals surface area (Å²) >= 11 is 0. The normalized spacial score (nSPS) is 15.6. The molecule has 2 rings (SSSR count). The van der Waals surface area contributed by atoms with Gasteiger partial charge in [0.1, 0.15) is 0 Å². The van der Waals surface area contributed by atoms with Gasteiger partial charge in [-0.3, -0.25) is 4.57 Å². The summed E-state index contributed by atoms with van der Waals surface area (Å²) in [6.07, 6.45) is 0.233. The predicted molar refractivity (Wildman–Crippen MR) is 96.1 cm³/mol. The maximum absolute atomic E-state index is 12.5. The van der Waals surface area contributed by atoms with Crippen LogP contribution in [0.15, 0.2) is 59.5 Å². The summed E-state index contributed by atoms with van der Waals surface area (Å²) in [5.41, 5.74) is 1.87. The van der Waals surface area contributed by atoms with Crippen molar-refractivity contribution in [2.75, 3.05) is 12.8 Å². The zero-order valence-corrected chi connectivity index (χ0v) is 15.4. The van der Waals surface area contributed by atoms with E-state index in [-0.39, 0.29) is 11.1 Å². The lowest BCUT2D eigenvalue weighted by Gasteiger charge is -2.20. The second kappa shape index (κ2) is 7.62. The molecule has 0 aliphatic carbocycles. The number of rotatable bonds is 7. The third kappa shape index (κ3) is 5.87. The van der Waals surface area contributed by atoms with E-state index in [0.717, 1.165) is 11.1 Å². The maximum Gasteiger partial charge on any atom is 0.240 e. The molecule has 0 spiro atoms. The van der Waals surface area contributed by atoms with Gasteiger partial charge >= 0.3 is 0 Å². The van der Waals surface area contributed by atoms with Crippen LogP contribution in [0.1, 0.15) is 11.1 Å². The molecule has 0 aliphatic heterocycles. The van der Waals surface area contributed by atoms with Crippen molar-refractivity contribution in [3.8, 4) is 0 Å². The van der Waals surface area contributed by atoms with Crippen LogP contribution in [0.4, 0.5) is 0 Å². The van der Waals surface area contributed by atoms with Crippen molar-refractivity contribution in [2.24, 2.45) is 0 Å². The fraction of sp³-hybridized carbons (Fsp3) is 0.294. The molecule has 24 heavy (non-hydrogen) atoms. The van der Waals surface area contributed by atoms with Crippen molar-refractivity contribution >= 4 is 17.4 Å². The molecule has 0 saturated heterocycles. The summed E-state index contributed by atoms with van der Waals surface area (Å²) in [7, 11) is -7.12. The van der Waals surface area contributed by atoms with Gasteiger partial charge in [-0.2, -0.15) is 0 Å². The van der Waals surface area contributed by atoms with Gasteiger partial charge in [0.05, 0.1) is 4.90 Å². The second-order valence-electron chi connectivity index (χ2n) is 6.05. The number of nitrogens with one attached hydrogen (secondary N) is 1. The topological polar surface area (TPSA) is 83.5 Å². The minimum Gasteiger partial charge on any atom is -0.344 e. The van der Waals surface area contributed by atoms with Gasteiger partial charge in [-0.05, 0) is 31.0 Å². The Kier molecular flexibility index (Phi) is 5.99. The van der Waals surface area contributed by atoms with Crippen LogP contribution in [0, 0.1) is 6.92 Å². The van der Waals surface area contributed by atoms with E-state index in [1.165, 1.54) is 18.8 Å². The molecule has 0 fully saturated rings. The zero-order chi connectivity index (χ0) is 17.8. The first-order chi connectivity index (χ1) is 11.2. The van der Waals surface area contributed by atoms with Gasteiger partial charge in [0.15, 0.2) is 7.37 Å². The van der Waals surface area contributed by atoms with Gasteiger partial charge in [-0.1, -0.05) is 48.0 Å². The largest absolute Gasteiger partial charge is 0.344 e. The minimum atomic E-state index is -3.75. The van der Waals surface area contributed by atoms with Crippen LogP contribution in [-0.4, -0.2) is 32.2 Å². The number of aryl methyl sites for hydroxylation is 1. The third-order valence-electron chi connectivity index (χ3n) is 3.54. The van der Waals surface area contributed by atoms with E-state index in [2.05, 4.69) is 4.72 Å². The molecule has 5 nitrogen and oxygen atoms in total. The average Bonchev–Trinajstić information content (AvgIpc) is 2.46. The Morgan fingerprint density at radius 1 is 1.08 bits per heavy atom. The lowest BCUT2D eigenvalue weighted by Crippen LogP contribution is -2.39. The van der Waals surface area contributed by atoms with Crippen LogP contribution in [0.5, 0.6) is 0 Å². The zero-order valence-electron chi connectivity index (χ0n) is 13.7. The molecular formula is C17H22NO4PS. The highest BCUT2D eigenvalue weighted by atomic mass is 32.2. The van der Waals surface area contributed by atoms with E-state index in [1.807, 2.05) is 37.3 Å². The van der Waals surface area contributed by atoms with Crippen LogP contribution in [-0.2, 0) is 21.0 Å². The lowest BCUT2D eigenvalue weighted by atomic mass is 10.1. The van der Waals surface area contributed by atoms with Crippen molar-refractivity contribution in [2.45, 2.75) is 24.3 Å². The summed E-state index contributed by atoms with van der Waals surface area (Å²) in [6, 6.07) is 15.1. The summed E-state index contributed by atoms with van der Waals surface area (Å²) in [5, 5.41) is 0. The Labute approximate surface area is 143 Å². The highest BCUT2D eigenvalue weighted by Gasteiger charge is 2.25. The molecule has 0 saturated carbocycles. The standard InChI is InChI=1S/C17H22NO4PS/c1-14-8-10-17(11-9-14)24(21,22)18-16(13-23(2,19)20)12-15-6-4-3-5-7-15/h3-11,16,18H,12-13H2,1-2H3,(H,19,20). The van der Waals surface area contributed by atoms with Crippen LogP contribution in [0.2, 0.25) is 0 Å².